The van der Waals surface area contributed by atoms with Gasteiger partial charge in [0.1, 0.15) is 0 Å². The molecule has 1 heterocycles. The second-order valence-corrected chi connectivity index (χ2v) is 8.05. The quantitative estimate of drug-likeness (QED) is 0.587. The molecule has 0 aliphatic heterocycles. The Labute approximate surface area is 161 Å². The van der Waals surface area contributed by atoms with Gasteiger partial charge in [0.2, 0.25) is 11.0 Å². The van der Waals surface area contributed by atoms with E-state index < -0.39 is 0 Å². The van der Waals surface area contributed by atoms with Crippen LogP contribution in [0.4, 0.5) is 10.8 Å². The van der Waals surface area contributed by atoms with Crippen LogP contribution < -0.4 is 10.6 Å². The number of nitrogens with zero attached hydrogens (tertiary/aromatic N) is 2. The molecule has 0 spiro atoms. The summed E-state index contributed by atoms with van der Waals surface area (Å²) in [6, 6.07) is 16.0. The van der Waals surface area contributed by atoms with Crippen molar-refractivity contribution in [3.63, 3.8) is 0 Å². The highest BCUT2D eigenvalue weighted by molar-refractivity contribution is 8.01. The minimum Gasteiger partial charge on any atom is -0.356 e. The van der Waals surface area contributed by atoms with E-state index in [1.54, 1.807) is 0 Å². The predicted octanol–water partition coefficient (Wildman–Crippen LogP) is 4.50. The fraction of sp³-hybridized carbons (Fsp3) is 0.211. The number of thioether (sulfide) groups is 1. The lowest BCUT2D eigenvalue weighted by atomic mass is 10.1. The SMILES string of the molecule is Cc1ccc(NC(=O)CSc2nnc(NCc3ccccc3)s2)cc1C. The molecular weight excluding hydrogens is 364 g/mol. The maximum atomic E-state index is 12.1. The van der Waals surface area contributed by atoms with E-state index in [4.69, 9.17) is 0 Å². The van der Waals surface area contributed by atoms with E-state index in [0.29, 0.717) is 12.3 Å². The molecule has 0 saturated carbocycles. The van der Waals surface area contributed by atoms with Gasteiger partial charge in [-0.15, -0.1) is 10.2 Å². The van der Waals surface area contributed by atoms with Crippen molar-refractivity contribution < 1.29 is 4.79 Å². The molecule has 0 bridgehead atoms. The van der Waals surface area contributed by atoms with Gasteiger partial charge in [0.25, 0.3) is 0 Å². The number of carbonyl (C=O) groups is 1. The lowest BCUT2D eigenvalue weighted by Crippen LogP contribution is -2.14. The molecule has 0 saturated heterocycles. The van der Waals surface area contributed by atoms with E-state index in [9.17, 15) is 4.79 Å². The standard InChI is InChI=1S/C19H20N4OS2/c1-13-8-9-16(10-14(13)2)21-17(24)12-25-19-23-22-18(26-19)20-11-15-6-4-3-5-7-15/h3-10H,11-12H2,1-2H3,(H,20,22)(H,21,24). The van der Waals surface area contributed by atoms with Gasteiger partial charge in [-0.2, -0.15) is 0 Å². The summed E-state index contributed by atoms with van der Waals surface area (Å²) in [6.45, 7) is 4.79. The number of benzene rings is 2. The summed E-state index contributed by atoms with van der Waals surface area (Å²) in [4.78, 5) is 12.1. The number of hydrogen-bond donors (Lipinski definition) is 2. The highest BCUT2D eigenvalue weighted by atomic mass is 32.2. The number of amides is 1. The topological polar surface area (TPSA) is 66.9 Å². The van der Waals surface area contributed by atoms with Crippen LogP contribution in [0, 0.1) is 13.8 Å². The Morgan fingerprint density at radius 3 is 2.65 bits per heavy atom. The molecule has 5 nitrogen and oxygen atoms in total. The van der Waals surface area contributed by atoms with Crippen molar-refractivity contribution in [1.29, 1.82) is 0 Å². The van der Waals surface area contributed by atoms with Crippen molar-refractivity contribution in [2.45, 2.75) is 24.7 Å². The van der Waals surface area contributed by atoms with E-state index in [1.807, 2.05) is 43.3 Å². The fourth-order valence-electron chi connectivity index (χ4n) is 2.26. The lowest BCUT2D eigenvalue weighted by Gasteiger charge is -2.06. The first-order valence-corrected chi connectivity index (χ1v) is 10.0. The lowest BCUT2D eigenvalue weighted by molar-refractivity contribution is -0.113. The van der Waals surface area contributed by atoms with Crippen LogP contribution >= 0.6 is 23.1 Å². The third-order valence-electron chi connectivity index (χ3n) is 3.81. The monoisotopic (exact) mass is 384 g/mol. The van der Waals surface area contributed by atoms with E-state index >= 15 is 0 Å². The van der Waals surface area contributed by atoms with Crippen molar-refractivity contribution in [2.75, 3.05) is 16.4 Å². The van der Waals surface area contributed by atoms with Gasteiger partial charge in [-0.05, 0) is 42.7 Å². The van der Waals surface area contributed by atoms with E-state index in [-0.39, 0.29) is 5.91 Å². The Balaban J connectivity index is 1.46. The van der Waals surface area contributed by atoms with Gasteiger partial charge in [0.05, 0.1) is 5.75 Å². The predicted molar refractivity (Wildman–Crippen MR) is 109 cm³/mol. The Morgan fingerprint density at radius 1 is 1.08 bits per heavy atom. The van der Waals surface area contributed by atoms with Gasteiger partial charge in [-0.3, -0.25) is 4.79 Å². The first kappa shape index (κ1) is 18.4. The zero-order valence-electron chi connectivity index (χ0n) is 14.7. The van der Waals surface area contributed by atoms with Crippen LogP contribution in [-0.4, -0.2) is 21.9 Å². The summed E-state index contributed by atoms with van der Waals surface area (Å²) in [5.74, 6) is 0.257. The Bertz CT molecular complexity index is 880. The van der Waals surface area contributed by atoms with Gasteiger partial charge in [-0.25, -0.2) is 0 Å². The number of aromatic nitrogens is 2. The normalized spacial score (nSPS) is 10.5. The molecule has 0 atom stereocenters. The molecule has 1 aromatic heterocycles. The highest BCUT2D eigenvalue weighted by Gasteiger charge is 2.09. The van der Waals surface area contributed by atoms with Gasteiger partial charge in [-0.1, -0.05) is 59.5 Å². The van der Waals surface area contributed by atoms with Gasteiger partial charge in [0.15, 0.2) is 4.34 Å². The first-order valence-electron chi connectivity index (χ1n) is 8.21. The number of rotatable bonds is 7. The number of anilines is 2. The summed E-state index contributed by atoms with van der Waals surface area (Å²) >= 11 is 2.84. The molecule has 2 N–H and O–H groups in total. The van der Waals surface area contributed by atoms with Crippen LogP contribution in [0.25, 0.3) is 0 Å². The Kier molecular flexibility index (Phi) is 6.25. The second kappa shape index (κ2) is 8.82. The number of carbonyl (C=O) groups excluding carboxylic acids is 1. The van der Waals surface area contributed by atoms with Gasteiger partial charge in [0, 0.05) is 12.2 Å². The maximum Gasteiger partial charge on any atom is 0.234 e. The molecule has 3 aromatic rings. The Morgan fingerprint density at radius 2 is 1.88 bits per heavy atom. The van der Waals surface area contributed by atoms with Crippen LogP contribution in [0.5, 0.6) is 0 Å². The van der Waals surface area contributed by atoms with E-state index in [1.165, 1.54) is 34.2 Å². The molecule has 7 heteroatoms. The molecule has 2 aromatic carbocycles. The molecule has 26 heavy (non-hydrogen) atoms. The van der Waals surface area contributed by atoms with E-state index in [0.717, 1.165) is 20.7 Å². The molecule has 134 valence electrons. The van der Waals surface area contributed by atoms with Crippen LogP contribution in [0.2, 0.25) is 0 Å². The summed E-state index contributed by atoms with van der Waals surface area (Å²) < 4.78 is 0.774. The average Bonchev–Trinajstić information content (AvgIpc) is 3.10. The molecule has 0 aliphatic carbocycles. The van der Waals surface area contributed by atoms with Gasteiger partial charge < -0.3 is 10.6 Å². The minimum atomic E-state index is -0.0488. The molecule has 0 radical (unpaired) electrons. The number of aryl methyl sites for hydroxylation is 2. The maximum absolute atomic E-state index is 12.1. The number of nitrogens with one attached hydrogen (secondary N) is 2. The molecule has 0 aliphatic rings. The molecule has 3 rings (SSSR count). The zero-order chi connectivity index (χ0) is 18.4. The third-order valence-corrected chi connectivity index (χ3v) is 5.82. The zero-order valence-corrected chi connectivity index (χ0v) is 16.3. The highest BCUT2D eigenvalue weighted by Crippen LogP contribution is 2.26. The smallest absolute Gasteiger partial charge is 0.234 e. The first-order chi connectivity index (χ1) is 12.6. The van der Waals surface area contributed by atoms with E-state index in [2.05, 4.69) is 39.9 Å². The molecule has 0 unspecified atom stereocenters. The molecular formula is C19H20N4OS2. The van der Waals surface area contributed by atoms with Gasteiger partial charge >= 0.3 is 0 Å². The number of hydrogen-bond acceptors (Lipinski definition) is 6. The van der Waals surface area contributed by atoms with Crippen LogP contribution in [0.3, 0.4) is 0 Å². The fourth-order valence-corrected chi connectivity index (χ4v) is 3.80. The minimum absolute atomic E-state index is 0.0488. The van der Waals surface area contributed by atoms with Crippen LogP contribution in [0.15, 0.2) is 52.9 Å². The summed E-state index contributed by atoms with van der Waals surface area (Å²) in [7, 11) is 0. The van der Waals surface area contributed by atoms with Crippen LogP contribution in [-0.2, 0) is 11.3 Å². The van der Waals surface area contributed by atoms with Crippen molar-refractivity contribution in [2.24, 2.45) is 0 Å². The van der Waals surface area contributed by atoms with Crippen molar-refractivity contribution in [3.8, 4) is 0 Å². The van der Waals surface area contributed by atoms with Crippen molar-refractivity contribution in [1.82, 2.24) is 10.2 Å². The second-order valence-electron chi connectivity index (χ2n) is 5.85. The Hall–Kier alpha value is -2.38. The largest absolute Gasteiger partial charge is 0.356 e. The summed E-state index contributed by atoms with van der Waals surface area (Å²) in [5.41, 5.74) is 4.38. The van der Waals surface area contributed by atoms with Crippen molar-refractivity contribution in [3.05, 3.63) is 65.2 Å². The van der Waals surface area contributed by atoms with Crippen molar-refractivity contribution >= 4 is 39.8 Å². The molecule has 1 amide bonds. The van der Waals surface area contributed by atoms with Crippen LogP contribution in [0.1, 0.15) is 16.7 Å². The average molecular weight is 385 g/mol. The summed E-state index contributed by atoms with van der Waals surface area (Å²) in [5, 5.41) is 15.2. The summed E-state index contributed by atoms with van der Waals surface area (Å²) in [6.07, 6.45) is 0. The third kappa shape index (κ3) is 5.31. The molecule has 0 fully saturated rings.